The van der Waals surface area contributed by atoms with E-state index in [1.807, 2.05) is 0 Å². The second kappa shape index (κ2) is 8.28. The van der Waals surface area contributed by atoms with Crippen LogP contribution in [0.5, 0.6) is 5.75 Å². The molecule has 7 heteroatoms. The number of carbonyl (C=O) groups is 1. The van der Waals surface area contributed by atoms with Crippen molar-refractivity contribution in [1.29, 1.82) is 0 Å². The smallest absolute Gasteiger partial charge is 0.269 e. The lowest BCUT2D eigenvalue weighted by Crippen LogP contribution is -2.52. The molecule has 24 heavy (non-hydrogen) atoms. The standard InChI is InChI=1S/C17H24FN3O2S/c1-10-5-4-6-14(11(10)2)19-17(24)21-20-16(22)12-7-8-15(23-3)13(18)9-12/h7-11,14H,4-6H2,1-3H3,(H,20,22)(H2,19,21,24)/t10-,11-,14-/m1/s1. The van der Waals surface area contributed by atoms with E-state index in [1.165, 1.54) is 32.1 Å². The lowest BCUT2D eigenvalue weighted by atomic mass is 9.78. The molecule has 0 radical (unpaired) electrons. The summed E-state index contributed by atoms with van der Waals surface area (Å²) in [5.41, 5.74) is 5.34. The number of hydrogen-bond donors (Lipinski definition) is 3. The Morgan fingerprint density at radius 3 is 2.71 bits per heavy atom. The van der Waals surface area contributed by atoms with Crippen LogP contribution in [0, 0.1) is 17.7 Å². The van der Waals surface area contributed by atoms with Crippen molar-refractivity contribution < 1.29 is 13.9 Å². The number of hydrogen-bond acceptors (Lipinski definition) is 3. The molecule has 0 bridgehead atoms. The monoisotopic (exact) mass is 353 g/mol. The molecule has 1 fully saturated rings. The summed E-state index contributed by atoms with van der Waals surface area (Å²) in [5.74, 6) is 0.208. The van der Waals surface area contributed by atoms with Crippen LogP contribution in [0.4, 0.5) is 4.39 Å². The van der Waals surface area contributed by atoms with Gasteiger partial charge in [0.2, 0.25) is 0 Å². The highest BCUT2D eigenvalue weighted by molar-refractivity contribution is 7.80. The molecule has 3 atom stereocenters. The maximum atomic E-state index is 13.6. The van der Waals surface area contributed by atoms with Gasteiger partial charge in [0, 0.05) is 11.6 Å². The molecule has 2 rings (SSSR count). The fourth-order valence-electron chi connectivity index (χ4n) is 2.98. The van der Waals surface area contributed by atoms with Gasteiger partial charge in [0.25, 0.3) is 5.91 Å². The van der Waals surface area contributed by atoms with Crippen molar-refractivity contribution in [2.45, 2.75) is 39.2 Å². The first-order valence-corrected chi connectivity index (χ1v) is 8.53. The Kier molecular flexibility index (Phi) is 6.36. The molecule has 0 aromatic heterocycles. The normalized spacial score (nSPS) is 23.2. The molecule has 0 spiro atoms. The van der Waals surface area contributed by atoms with Crippen LogP contribution in [-0.2, 0) is 0 Å². The zero-order chi connectivity index (χ0) is 17.7. The summed E-state index contributed by atoms with van der Waals surface area (Å²) < 4.78 is 18.5. The molecule has 1 saturated carbocycles. The number of halogens is 1. The molecule has 1 aliphatic rings. The summed E-state index contributed by atoms with van der Waals surface area (Å²) in [4.78, 5) is 12.0. The molecule has 0 saturated heterocycles. The molecule has 1 aromatic carbocycles. The summed E-state index contributed by atoms with van der Waals surface area (Å²) in [6.45, 7) is 4.46. The van der Waals surface area contributed by atoms with Crippen molar-refractivity contribution >= 4 is 23.2 Å². The van der Waals surface area contributed by atoms with Crippen molar-refractivity contribution in [2.75, 3.05) is 7.11 Å². The van der Waals surface area contributed by atoms with Crippen molar-refractivity contribution in [1.82, 2.24) is 16.2 Å². The zero-order valence-corrected chi connectivity index (χ0v) is 15.0. The van der Waals surface area contributed by atoms with Gasteiger partial charge in [-0.3, -0.25) is 15.6 Å². The highest BCUT2D eigenvalue weighted by Gasteiger charge is 2.27. The van der Waals surface area contributed by atoms with Gasteiger partial charge >= 0.3 is 0 Å². The van der Waals surface area contributed by atoms with Gasteiger partial charge in [-0.05, 0) is 48.7 Å². The Morgan fingerprint density at radius 1 is 1.29 bits per heavy atom. The summed E-state index contributed by atoms with van der Waals surface area (Å²) in [6.07, 6.45) is 3.47. The van der Waals surface area contributed by atoms with Crippen LogP contribution in [0.2, 0.25) is 0 Å². The zero-order valence-electron chi connectivity index (χ0n) is 14.2. The molecule has 1 aliphatic carbocycles. The Balaban J connectivity index is 1.85. The van der Waals surface area contributed by atoms with Gasteiger partial charge in [-0.15, -0.1) is 0 Å². The molecular weight excluding hydrogens is 329 g/mol. The highest BCUT2D eigenvalue weighted by Crippen LogP contribution is 2.29. The molecule has 3 N–H and O–H groups in total. The number of nitrogens with one attached hydrogen (secondary N) is 3. The van der Waals surface area contributed by atoms with Crippen molar-refractivity contribution in [3.8, 4) is 5.75 Å². The van der Waals surface area contributed by atoms with E-state index in [-0.39, 0.29) is 11.3 Å². The first-order valence-electron chi connectivity index (χ1n) is 8.12. The van der Waals surface area contributed by atoms with Gasteiger partial charge in [-0.25, -0.2) is 4.39 Å². The van der Waals surface area contributed by atoms with Crippen molar-refractivity contribution in [2.24, 2.45) is 11.8 Å². The van der Waals surface area contributed by atoms with Crippen LogP contribution < -0.4 is 20.9 Å². The molecule has 1 amide bonds. The fraction of sp³-hybridized carbons (Fsp3) is 0.529. The van der Waals surface area contributed by atoms with E-state index in [0.29, 0.717) is 23.0 Å². The fourth-order valence-corrected chi connectivity index (χ4v) is 3.19. The van der Waals surface area contributed by atoms with Crippen LogP contribution >= 0.6 is 12.2 Å². The molecule has 0 unspecified atom stereocenters. The summed E-state index contributed by atoms with van der Waals surface area (Å²) >= 11 is 5.23. The Bertz CT molecular complexity index is 611. The minimum Gasteiger partial charge on any atom is -0.494 e. The average Bonchev–Trinajstić information content (AvgIpc) is 2.56. The van der Waals surface area contributed by atoms with Gasteiger partial charge in [0.1, 0.15) is 0 Å². The number of ether oxygens (including phenoxy) is 1. The van der Waals surface area contributed by atoms with E-state index in [0.717, 1.165) is 12.5 Å². The van der Waals surface area contributed by atoms with E-state index >= 15 is 0 Å². The number of carbonyl (C=O) groups excluding carboxylic acids is 1. The molecule has 132 valence electrons. The number of benzene rings is 1. The predicted molar refractivity (Wildman–Crippen MR) is 95.3 cm³/mol. The lowest BCUT2D eigenvalue weighted by molar-refractivity contribution is 0.0942. The second-order valence-electron chi connectivity index (χ2n) is 6.28. The van der Waals surface area contributed by atoms with Gasteiger partial charge in [0.15, 0.2) is 16.7 Å². The number of methoxy groups -OCH3 is 1. The first-order chi connectivity index (χ1) is 11.4. The first kappa shape index (κ1) is 18.4. The van der Waals surface area contributed by atoms with Gasteiger partial charge < -0.3 is 10.1 Å². The van der Waals surface area contributed by atoms with E-state index < -0.39 is 11.7 Å². The molecular formula is C17H24FN3O2S. The number of rotatable bonds is 3. The minimum atomic E-state index is -0.587. The minimum absolute atomic E-state index is 0.0945. The topological polar surface area (TPSA) is 62.4 Å². The molecule has 1 aromatic rings. The van der Waals surface area contributed by atoms with E-state index in [4.69, 9.17) is 17.0 Å². The summed E-state index contributed by atoms with van der Waals surface area (Å²) in [6, 6.07) is 4.31. The van der Waals surface area contributed by atoms with Crippen LogP contribution in [0.15, 0.2) is 18.2 Å². The molecule has 0 aliphatic heterocycles. The highest BCUT2D eigenvalue weighted by atomic mass is 32.1. The SMILES string of the molecule is COc1ccc(C(=O)NNC(=S)N[C@@H]2CCC[C@@H](C)[C@H]2C)cc1F. The van der Waals surface area contributed by atoms with Crippen molar-refractivity contribution in [3.63, 3.8) is 0 Å². The third-order valence-corrected chi connectivity index (χ3v) is 4.95. The predicted octanol–water partition coefficient (Wildman–Crippen LogP) is 2.77. The van der Waals surface area contributed by atoms with Gasteiger partial charge in [-0.1, -0.05) is 26.7 Å². The number of thiocarbonyl (C=S) groups is 1. The molecule has 5 nitrogen and oxygen atoms in total. The lowest BCUT2D eigenvalue weighted by Gasteiger charge is -2.35. The van der Waals surface area contributed by atoms with E-state index in [2.05, 4.69) is 30.0 Å². The number of amides is 1. The maximum Gasteiger partial charge on any atom is 0.269 e. The van der Waals surface area contributed by atoms with Crippen molar-refractivity contribution in [3.05, 3.63) is 29.6 Å². The summed E-state index contributed by atoms with van der Waals surface area (Å²) in [5, 5.41) is 3.61. The van der Waals surface area contributed by atoms with Crippen LogP contribution in [0.25, 0.3) is 0 Å². The van der Waals surface area contributed by atoms with Crippen LogP contribution in [-0.4, -0.2) is 24.2 Å². The Labute approximate surface area is 147 Å². The summed E-state index contributed by atoms with van der Waals surface area (Å²) in [7, 11) is 1.37. The number of hydrazine groups is 1. The third kappa shape index (κ3) is 4.56. The van der Waals surface area contributed by atoms with Crippen LogP contribution in [0.1, 0.15) is 43.5 Å². The van der Waals surface area contributed by atoms with E-state index in [9.17, 15) is 9.18 Å². The van der Waals surface area contributed by atoms with Gasteiger partial charge in [0.05, 0.1) is 7.11 Å². The molecule has 0 heterocycles. The van der Waals surface area contributed by atoms with E-state index in [1.54, 1.807) is 0 Å². The maximum absolute atomic E-state index is 13.6. The van der Waals surface area contributed by atoms with Crippen LogP contribution in [0.3, 0.4) is 0 Å². The second-order valence-corrected chi connectivity index (χ2v) is 6.68. The third-order valence-electron chi connectivity index (χ3n) is 4.73. The van der Waals surface area contributed by atoms with Gasteiger partial charge in [-0.2, -0.15) is 0 Å². The Hall–Kier alpha value is -1.89. The quantitative estimate of drug-likeness (QED) is 0.576. The largest absolute Gasteiger partial charge is 0.494 e. The Morgan fingerprint density at radius 2 is 2.04 bits per heavy atom. The average molecular weight is 353 g/mol.